The van der Waals surface area contributed by atoms with Crippen molar-refractivity contribution in [1.82, 2.24) is 9.97 Å². The predicted molar refractivity (Wildman–Crippen MR) is 122 cm³/mol. The van der Waals surface area contributed by atoms with E-state index in [-0.39, 0.29) is 18.1 Å². The quantitative estimate of drug-likeness (QED) is 0.477. The Morgan fingerprint density at radius 2 is 1.97 bits per heavy atom. The smallest absolute Gasteiger partial charge is 0.264 e. The summed E-state index contributed by atoms with van der Waals surface area (Å²) in [6.45, 7) is 3.96. The van der Waals surface area contributed by atoms with Crippen LogP contribution in [-0.2, 0) is 11.2 Å². The fraction of sp³-hybridized carbons (Fsp3) is 0.208. The van der Waals surface area contributed by atoms with E-state index in [0.29, 0.717) is 10.9 Å². The molecule has 0 saturated heterocycles. The van der Waals surface area contributed by atoms with E-state index in [1.54, 1.807) is 12.4 Å². The normalized spacial score (nSPS) is 14.1. The first-order valence-electron chi connectivity index (χ1n) is 10.0. The molecule has 7 heteroatoms. The van der Waals surface area contributed by atoms with Gasteiger partial charge in [0.2, 0.25) is 0 Å². The maximum absolute atomic E-state index is 12.5. The summed E-state index contributed by atoms with van der Waals surface area (Å²) < 4.78 is 12.8. The van der Waals surface area contributed by atoms with E-state index in [1.165, 1.54) is 11.3 Å². The number of thiazole rings is 1. The number of rotatable bonds is 5. The Kier molecular flexibility index (Phi) is 4.82. The van der Waals surface area contributed by atoms with Crippen LogP contribution in [0.4, 0.5) is 5.13 Å². The van der Waals surface area contributed by atoms with Crippen LogP contribution >= 0.6 is 11.3 Å². The molecule has 2 aromatic heterocycles. The van der Waals surface area contributed by atoms with Crippen LogP contribution in [0.2, 0.25) is 0 Å². The highest BCUT2D eigenvalue weighted by atomic mass is 32.1. The van der Waals surface area contributed by atoms with E-state index >= 15 is 0 Å². The first kappa shape index (κ1) is 19.5. The van der Waals surface area contributed by atoms with E-state index in [2.05, 4.69) is 15.3 Å². The molecule has 6 nitrogen and oxygen atoms in total. The zero-order valence-corrected chi connectivity index (χ0v) is 18.0. The fourth-order valence-corrected chi connectivity index (χ4v) is 4.68. The molecule has 31 heavy (non-hydrogen) atoms. The van der Waals surface area contributed by atoms with Crippen LogP contribution in [0.15, 0.2) is 60.9 Å². The second-order valence-corrected chi connectivity index (χ2v) is 9.06. The number of hydrogen-bond acceptors (Lipinski definition) is 6. The van der Waals surface area contributed by atoms with Crippen molar-refractivity contribution in [2.24, 2.45) is 0 Å². The van der Waals surface area contributed by atoms with Crippen LogP contribution in [0.25, 0.3) is 21.3 Å². The van der Waals surface area contributed by atoms with E-state index in [9.17, 15) is 4.79 Å². The number of anilines is 1. The minimum Gasteiger partial charge on any atom is -0.483 e. The van der Waals surface area contributed by atoms with Gasteiger partial charge >= 0.3 is 0 Å². The third-order valence-corrected chi connectivity index (χ3v) is 6.01. The number of fused-ring (bicyclic) bond motifs is 2. The first-order valence-corrected chi connectivity index (χ1v) is 10.8. The van der Waals surface area contributed by atoms with Crippen LogP contribution in [0.5, 0.6) is 11.5 Å². The average Bonchev–Trinajstić information content (AvgIpc) is 3.31. The summed E-state index contributed by atoms with van der Waals surface area (Å²) >= 11 is 1.44. The Labute approximate surface area is 183 Å². The molecular formula is C24H21N3O3S. The van der Waals surface area contributed by atoms with Gasteiger partial charge in [-0.1, -0.05) is 35.6 Å². The number of hydrogen-bond donors (Lipinski definition) is 1. The third kappa shape index (κ3) is 3.96. The monoisotopic (exact) mass is 431 g/mol. The van der Waals surface area contributed by atoms with Crippen molar-refractivity contribution in [1.29, 1.82) is 0 Å². The third-order valence-electron chi connectivity index (χ3n) is 5.07. The lowest BCUT2D eigenvalue weighted by atomic mass is 10.0. The number of carbonyl (C=O) groups is 1. The molecule has 1 aliphatic heterocycles. The summed E-state index contributed by atoms with van der Waals surface area (Å²) in [4.78, 5) is 21.2. The van der Waals surface area contributed by atoms with Gasteiger partial charge in [-0.25, -0.2) is 4.98 Å². The summed E-state index contributed by atoms with van der Waals surface area (Å²) in [6.07, 6.45) is 4.33. The van der Waals surface area contributed by atoms with Gasteiger partial charge in [0.25, 0.3) is 5.91 Å². The molecule has 4 aromatic rings. The molecule has 0 aliphatic carbocycles. The maximum atomic E-state index is 12.5. The molecule has 0 radical (unpaired) electrons. The molecular weight excluding hydrogens is 410 g/mol. The number of benzene rings is 2. The summed E-state index contributed by atoms with van der Waals surface area (Å²) in [7, 11) is 0. The lowest BCUT2D eigenvalue weighted by molar-refractivity contribution is -0.118. The highest BCUT2D eigenvalue weighted by molar-refractivity contribution is 7.22. The van der Waals surface area contributed by atoms with Crippen molar-refractivity contribution in [2.45, 2.75) is 25.9 Å². The number of carbonyl (C=O) groups excluding carboxylic acids is 1. The fourth-order valence-electron chi connectivity index (χ4n) is 3.77. The Morgan fingerprint density at radius 3 is 2.81 bits per heavy atom. The number of ether oxygens (including phenoxy) is 2. The van der Waals surface area contributed by atoms with E-state index < -0.39 is 0 Å². The molecule has 2 aromatic carbocycles. The number of pyridine rings is 1. The Hall–Kier alpha value is -3.45. The van der Waals surface area contributed by atoms with Gasteiger partial charge in [0.1, 0.15) is 5.60 Å². The highest BCUT2D eigenvalue weighted by Crippen LogP contribution is 2.41. The van der Waals surface area contributed by atoms with Gasteiger partial charge in [-0.15, -0.1) is 0 Å². The number of nitrogens with zero attached hydrogens (tertiary/aromatic N) is 2. The molecule has 5 rings (SSSR count). The van der Waals surface area contributed by atoms with Gasteiger partial charge in [0.05, 0.1) is 10.2 Å². The largest absolute Gasteiger partial charge is 0.483 e. The number of para-hydroxylation sites is 2. The van der Waals surface area contributed by atoms with Crippen molar-refractivity contribution in [3.8, 4) is 22.6 Å². The Balaban J connectivity index is 1.31. The molecule has 3 heterocycles. The average molecular weight is 432 g/mol. The standard InChI is InChI=1S/C24H21N3O3S/c1-24(2)13-16-5-3-7-18(22(16)30-24)29-14-20(28)26-23-27-21-17(6-4-8-19(21)31-23)15-9-11-25-12-10-15/h3-12H,13-14H2,1-2H3,(H,26,27,28). The number of aromatic nitrogens is 2. The minimum atomic E-state index is -0.266. The van der Waals surface area contributed by atoms with Crippen molar-refractivity contribution in [2.75, 3.05) is 11.9 Å². The zero-order chi connectivity index (χ0) is 21.4. The maximum Gasteiger partial charge on any atom is 0.264 e. The molecule has 0 spiro atoms. The van der Waals surface area contributed by atoms with Gasteiger partial charge in [-0.05, 0) is 43.7 Å². The van der Waals surface area contributed by atoms with Crippen LogP contribution in [-0.4, -0.2) is 28.1 Å². The van der Waals surface area contributed by atoms with Crippen LogP contribution in [0.1, 0.15) is 19.4 Å². The number of amides is 1. The topological polar surface area (TPSA) is 73.3 Å². The molecule has 1 N–H and O–H groups in total. The van der Waals surface area contributed by atoms with Crippen LogP contribution < -0.4 is 14.8 Å². The Bertz CT molecular complexity index is 1270. The minimum absolute atomic E-state index is 0.118. The van der Waals surface area contributed by atoms with E-state index in [4.69, 9.17) is 9.47 Å². The predicted octanol–water partition coefficient (Wildman–Crippen LogP) is 5.09. The van der Waals surface area contributed by atoms with Gasteiger partial charge < -0.3 is 9.47 Å². The summed E-state index contributed by atoms with van der Waals surface area (Å²) in [5.41, 5.74) is 3.72. The summed E-state index contributed by atoms with van der Waals surface area (Å²) in [5.74, 6) is 1.05. The first-order chi connectivity index (χ1) is 15.0. The molecule has 1 aliphatic rings. The molecule has 156 valence electrons. The van der Waals surface area contributed by atoms with Gasteiger partial charge in [-0.3, -0.25) is 15.1 Å². The summed E-state index contributed by atoms with van der Waals surface area (Å²) in [6, 6.07) is 15.7. The Morgan fingerprint density at radius 1 is 1.16 bits per heavy atom. The molecule has 0 saturated carbocycles. The number of nitrogens with one attached hydrogen (secondary N) is 1. The van der Waals surface area contributed by atoms with Crippen LogP contribution in [0.3, 0.4) is 0 Å². The van der Waals surface area contributed by atoms with Crippen molar-refractivity contribution in [3.05, 3.63) is 66.5 Å². The molecule has 0 fully saturated rings. The van der Waals surface area contributed by atoms with Gasteiger partial charge in [-0.2, -0.15) is 0 Å². The van der Waals surface area contributed by atoms with Gasteiger partial charge in [0.15, 0.2) is 23.2 Å². The lowest BCUT2D eigenvalue weighted by Crippen LogP contribution is -2.25. The van der Waals surface area contributed by atoms with Crippen molar-refractivity contribution in [3.63, 3.8) is 0 Å². The highest BCUT2D eigenvalue weighted by Gasteiger charge is 2.32. The van der Waals surface area contributed by atoms with Crippen LogP contribution in [0, 0.1) is 0 Å². The second kappa shape index (κ2) is 7.67. The zero-order valence-electron chi connectivity index (χ0n) is 17.2. The van der Waals surface area contributed by atoms with Crippen molar-refractivity contribution < 1.29 is 14.3 Å². The van der Waals surface area contributed by atoms with Crippen molar-refractivity contribution >= 4 is 32.6 Å². The summed E-state index contributed by atoms with van der Waals surface area (Å²) in [5, 5.41) is 3.40. The SMILES string of the molecule is CC1(C)Cc2cccc(OCC(=O)Nc3nc4c(-c5ccncc5)cccc4s3)c2O1. The molecule has 0 bridgehead atoms. The molecule has 1 amide bonds. The van der Waals surface area contributed by atoms with E-state index in [0.717, 1.165) is 39.1 Å². The molecule has 0 unspecified atom stereocenters. The molecule has 0 atom stereocenters. The van der Waals surface area contributed by atoms with E-state index in [1.807, 2.05) is 62.4 Å². The van der Waals surface area contributed by atoms with Gasteiger partial charge in [0, 0.05) is 29.9 Å². The lowest BCUT2D eigenvalue weighted by Gasteiger charge is -2.18. The second-order valence-electron chi connectivity index (χ2n) is 8.03.